The molecular weight excluding hydrogens is 336 g/mol. The molecule has 6 atom stereocenters. The second-order valence-electron chi connectivity index (χ2n) is 11.0. The number of fused-ring (bicyclic) bond motifs is 1. The summed E-state index contributed by atoms with van der Waals surface area (Å²) in [7, 11) is 0. The van der Waals surface area contributed by atoms with Crippen molar-refractivity contribution in [3.8, 4) is 0 Å². The second-order valence-corrected chi connectivity index (χ2v) is 11.0. The average Bonchev–Trinajstić information content (AvgIpc) is 2.76. The molecule has 28 heavy (non-hydrogen) atoms. The van der Waals surface area contributed by atoms with Crippen LogP contribution >= 0.6 is 0 Å². The van der Waals surface area contributed by atoms with Gasteiger partial charge in [-0.3, -0.25) is 0 Å². The molecule has 0 spiro atoms. The first-order valence-electron chi connectivity index (χ1n) is 12.6. The van der Waals surface area contributed by atoms with Crippen LogP contribution < -0.4 is 0 Å². The quantitative estimate of drug-likeness (QED) is 0.346. The van der Waals surface area contributed by atoms with Crippen molar-refractivity contribution < 1.29 is 0 Å². The van der Waals surface area contributed by atoms with Crippen molar-refractivity contribution in [3.63, 3.8) is 0 Å². The summed E-state index contributed by atoms with van der Waals surface area (Å²) in [5.41, 5.74) is 3.72. The van der Waals surface area contributed by atoms with Gasteiger partial charge in [-0.25, -0.2) is 0 Å². The zero-order valence-electron chi connectivity index (χ0n) is 20.2. The summed E-state index contributed by atoms with van der Waals surface area (Å²) >= 11 is 0. The second kappa shape index (κ2) is 11.0. The van der Waals surface area contributed by atoms with E-state index >= 15 is 0 Å². The molecule has 6 unspecified atom stereocenters. The molecule has 0 N–H and O–H groups in total. The van der Waals surface area contributed by atoms with Crippen molar-refractivity contribution in [3.05, 3.63) is 23.8 Å². The Hall–Kier alpha value is -0.520. The molecule has 0 heteroatoms. The minimum absolute atomic E-state index is 0.516. The maximum atomic E-state index is 4.57. The summed E-state index contributed by atoms with van der Waals surface area (Å²) in [6.07, 6.45) is 19.0. The smallest absolute Gasteiger partial charge is 0.0149 e. The highest BCUT2D eigenvalue weighted by atomic mass is 14.5. The Morgan fingerprint density at radius 3 is 2.61 bits per heavy atom. The lowest BCUT2D eigenvalue weighted by Crippen LogP contribution is -2.39. The van der Waals surface area contributed by atoms with Crippen molar-refractivity contribution in [1.29, 1.82) is 0 Å². The van der Waals surface area contributed by atoms with Gasteiger partial charge in [0.05, 0.1) is 0 Å². The van der Waals surface area contributed by atoms with Crippen LogP contribution in [0, 0.1) is 35.0 Å². The van der Waals surface area contributed by atoms with E-state index in [1.807, 2.05) is 0 Å². The molecule has 2 rings (SSSR count). The Bertz CT molecular complexity index is 512. The lowest BCUT2D eigenvalue weighted by Gasteiger charge is -2.48. The minimum atomic E-state index is 0.516. The molecule has 0 aromatic heterocycles. The highest BCUT2D eigenvalue weighted by Gasteiger charge is 2.47. The Balaban J connectivity index is 2.06. The third-order valence-electron chi connectivity index (χ3n) is 8.59. The maximum Gasteiger partial charge on any atom is -0.0149 e. The van der Waals surface area contributed by atoms with E-state index in [1.165, 1.54) is 77.0 Å². The molecule has 0 amide bonds. The molecule has 2 fully saturated rings. The van der Waals surface area contributed by atoms with E-state index in [0.29, 0.717) is 5.41 Å². The van der Waals surface area contributed by atoms with Gasteiger partial charge in [-0.05, 0) is 93.3 Å². The highest BCUT2D eigenvalue weighted by Crippen LogP contribution is 2.56. The molecule has 0 aromatic rings. The van der Waals surface area contributed by atoms with Crippen molar-refractivity contribution in [2.45, 2.75) is 119 Å². The largest absolute Gasteiger partial charge is 0.0996 e. The lowest BCUT2D eigenvalue weighted by molar-refractivity contribution is 0.0468. The number of rotatable bonds is 9. The SMILES string of the molecule is C=C(CCC)C1CCCC2CC(C/C=C(\C)CC(C)CCC)C(C)CCC21C. The van der Waals surface area contributed by atoms with Crippen LogP contribution in [0.2, 0.25) is 0 Å². The Morgan fingerprint density at radius 1 is 1.18 bits per heavy atom. The minimum Gasteiger partial charge on any atom is -0.0996 e. The molecule has 2 saturated carbocycles. The van der Waals surface area contributed by atoms with Gasteiger partial charge < -0.3 is 0 Å². The van der Waals surface area contributed by atoms with Crippen LogP contribution in [0.5, 0.6) is 0 Å². The zero-order valence-corrected chi connectivity index (χ0v) is 20.2. The van der Waals surface area contributed by atoms with E-state index in [9.17, 15) is 0 Å². The Labute approximate surface area is 177 Å². The molecule has 2 aliphatic carbocycles. The van der Waals surface area contributed by atoms with Crippen LogP contribution in [-0.4, -0.2) is 0 Å². The summed E-state index contributed by atoms with van der Waals surface area (Å²) in [5, 5.41) is 0. The lowest BCUT2D eigenvalue weighted by atomic mass is 9.56. The van der Waals surface area contributed by atoms with Crippen molar-refractivity contribution in [1.82, 2.24) is 0 Å². The average molecular weight is 387 g/mol. The Kier molecular flexibility index (Phi) is 9.36. The predicted octanol–water partition coefficient (Wildman–Crippen LogP) is 9.36. The van der Waals surface area contributed by atoms with Gasteiger partial charge in [0.15, 0.2) is 0 Å². The van der Waals surface area contributed by atoms with Crippen LogP contribution in [0.25, 0.3) is 0 Å². The summed E-state index contributed by atoms with van der Waals surface area (Å²) in [6, 6.07) is 0. The molecule has 0 aliphatic heterocycles. The first kappa shape index (κ1) is 23.8. The monoisotopic (exact) mass is 386 g/mol. The summed E-state index contributed by atoms with van der Waals surface area (Å²) in [6.45, 7) is 19.2. The van der Waals surface area contributed by atoms with Crippen LogP contribution in [0.3, 0.4) is 0 Å². The van der Waals surface area contributed by atoms with Crippen molar-refractivity contribution in [2.75, 3.05) is 0 Å². The van der Waals surface area contributed by atoms with Gasteiger partial charge in [-0.2, -0.15) is 0 Å². The van der Waals surface area contributed by atoms with E-state index in [-0.39, 0.29) is 0 Å². The van der Waals surface area contributed by atoms with Crippen LogP contribution in [0.15, 0.2) is 23.8 Å². The normalized spacial score (nSPS) is 35.1. The van der Waals surface area contributed by atoms with E-state index in [1.54, 1.807) is 11.1 Å². The van der Waals surface area contributed by atoms with Gasteiger partial charge in [0, 0.05) is 0 Å². The molecule has 0 heterocycles. The standard InChI is InChI=1S/C28H50/c1-8-11-21(3)19-22(4)15-16-25-20-26-13-10-14-27(24(6)12-9-2)28(26,7)18-17-23(25)5/h15,21,23,25-27H,6,8-14,16-20H2,1-5,7H3/b22-15+. The Morgan fingerprint density at radius 2 is 1.93 bits per heavy atom. The fourth-order valence-electron chi connectivity index (χ4n) is 6.72. The third kappa shape index (κ3) is 5.99. The highest BCUT2D eigenvalue weighted by molar-refractivity contribution is 5.11. The number of hydrogen-bond donors (Lipinski definition) is 0. The molecule has 2 aliphatic rings. The first-order valence-corrected chi connectivity index (χ1v) is 12.6. The summed E-state index contributed by atoms with van der Waals surface area (Å²) in [4.78, 5) is 0. The number of hydrogen-bond acceptors (Lipinski definition) is 0. The molecule has 0 radical (unpaired) electrons. The van der Waals surface area contributed by atoms with Gasteiger partial charge in [0.1, 0.15) is 0 Å². The van der Waals surface area contributed by atoms with Gasteiger partial charge in [-0.15, -0.1) is 0 Å². The molecule has 0 nitrogen and oxygen atoms in total. The topological polar surface area (TPSA) is 0 Å². The fourth-order valence-corrected chi connectivity index (χ4v) is 6.72. The molecule has 162 valence electrons. The van der Waals surface area contributed by atoms with Crippen LogP contribution in [0.4, 0.5) is 0 Å². The summed E-state index contributed by atoms with van der Waals surface area (Å²) < 4.78 is 0. The maximum absolute atomic E-state index is 4.57. The zero-order chi connectivity index (χ0) is 20.7. The van der Waals surface area contributed by atoms with Gasteiger partial charge >= 0.3 is 0 Å². The van der Waals surface area contributed by atoms with Crippen molar-refractivity contribution >= 4 is 0 Å². The van der Waals surface area contributed by atoms with Gasteiger partial charge in [-0.1, -0.05) is 84.1 Å². The van der Waals surface area contributed by atoms with Gasteiger partial charge in [0.2, 0.25) is 0 Å². The van der Waals surface area contributed by atoms with E-state index < -0.39 is 0 Å². The summed E-state index contributed by atoms with van der Waals surface area (Å²) in [5.74, 6) is 4.31. The first-order chi connectivity index (χ1) is 13.3. The van der Waals surface area contributed by atoms with Gasteiger partial charge in [0.25, 0.3) is 0 Å². The van der Waals surface area contributed by atoms with Crippen molar-refractivity contribution in [2.24, 2.45) is 35.0 Å². The third-order valence-corrected chi connectivity index (χ3v) is 8.59. The van der Waals surface area contributed by atoms with E-state index in [4.69, 9.17) is 0 Å². The molecular formula is C28H50. The van der Waals surface area contributed by atoms with E-state index in [2.05, 4.69) is 54.2 Å². The molecule has 0 saturated heterocycles. The predicted molar refractivity (Wildman–Crippen MR) is 127 cm³/mol. The fraction of sp³-hybridized carbons (Fsp3) is 0.857. The van der Waals surface area contributed by atoms with Crippen LogP contribution in [-0.2, 0) is 0 Å². The van der Waals surface area contributed by atoms with Crippen LogP contribution in [0.1, 0.15) is 119 Å². The molecule has 0 bridgehead atoms. The van der Waals surface area contributed by atoms with E-state index in [0.717, 1.165) is 29.6 Å². The molecule has 0 aromatic carbocycles. The number of allylic oxidation sites excluding steroid dienone is 3.